The van der Waals surface area contributed by atoms with Crippen molar-refractivity contribution in [1.29, 1.82) is 0 Å². The highest BCUT2D eigenvalue weighted by Crippen LogP contribution is 2.21. The minimum atomic E-state index is -4.19. The lowest BCUT2D eigenvalue weighted by Crippen LogP contribution is -1.96. The van der Waals surface area contributed by atoms with E-state index >= 15 is 0 Å². The van der Waals surface area contributed by atoms with Crippen LogP contribution >= 0.6 is 11.3 Å². The van der Waals surface area contributed by atoms with E-state index in [0.29, 0.717) is 5.56 Å². The molecule has 1 aromatic heterocycles. The third kappa shape index (κ3) is 2.99. The molecule has 0 fully saturated rings. The second-order valence-electron chi connectivity index (χ2n) is 3.71. The van der Waals surface area contributed by atoms with E-state index in [1.54, 1.807) is 11.4 Å². The third-order valence-electron chi connectivity index (χ3n) is 2.26. The van der Waals surface area contributed by atoms with Crippen LogP contribution in [0.4, 0.5) is 0 Å². The zero-order valence-electron chi connectivity index (χ0n) is 9.54. The van der Waals surface area contributed by atoms with Gasteiger partial charge in [-0.1, -0.05) is 29.5 Å². The number of benzene rings is 1. The molecule has 92 valence electrons. The second-order valence-corrected chi connectivity index (χ2v) is 6.25. The second kappa shape index (κ2) is 4.94. The first-order valence-corrected chi connectivity index (χ1v) is 7.42. The van der Waals surface area contributed by atoms with Gasteiger partial charge in [-0.3, -0.25) is 4.55 Å². The van der Waals surface area contributed by atoms with Crippen molar-refractivity contribution in [1.82, 2.24) is 0 Å². The van der Waals surface area contributed by atoms with Gasteiger partial charge in [0.1, 0.15) is 0 Å². The van der Waals surface area contributed by atoms with Crippen LogP contribution in [0.25, 0.3) is 0 Å². The smallest absolute Gasteiger partial charge is 0.281 e. The number of hydrogen-bond acceptors (Lipinski definition) is 3. The number of rotatable bonds is 1. The summed E-state index contributed by atoms with van der Waals surface area (Å²) >= 11 is 0.954. The molecule has 2 aromatic rings. The molecular weight excluding hydrogens is 268 g/mol. The van der Waals surface area contributed by atoms with Gasteiger partial charge in [0.2, 0.25) is 0 Å². The Morgan fingerprint density at radius 1 is 1.11 bits per heavy atom. The maximum Gasteiger partial charge on any atom is 0.305 e. The van der Waals surface area contributed by atoms with Gasteiger partial charge in [-0.15, -0.1) is 11.3 Å². The lowest BCUT2D eigenvalue weighted by atomic mass is 10.1. The van der Waals surface area contributed by atoms with Crippen molar-refractivity contribution >= 4 is 21.5 Å². The Morgan fingerprint density at radius 2 is 1.78 bits per heavy atom. The molecule has 1 heterocycles. The first kappa shape index (κ1) is 12.8. The summed E-state index contributed by atoms with van der Waals surface area (Å²) in [4.78, 5) is 0. The highest BCUT2D eigenvalue weighted by Gasteiger charge is 2.15. The first-order chi connectivity index (χ1) is 8.47. The van der Waals surface area contributed by atoms with Gasteiger partial charge in [-0.05, 0) is 30.5 Å². The summed E-state index contributed by atoms with van der Waals surface area (Å²) in [7, 11) is -4.19. The average molecular weight is 278 g/mol. The molecule has 2 rings (SSSR count). The minimum Gasteiger partial charge on any atom is -0.281 e. The molecule has 0 saturated carbocycles. The molecule has 0 atom stereocenters. The molecule has 0 aliphatic carbocycles. The van der Waals surface area contributed by atoms with Gasteiger partial charge >= 0.3 is 10.1 Å². The summed E-state index contributed by atoms with van der Waals surface area (Å²) < 4.78 is 31.0. The van der Waals surface area contributed by atoms with Crippen molar-refractivity contribution in [2.24, 2.45) is 0 Å². The van der Waals surface area contributed by atoms with E-state index in [1.807, 2.05) is 31.2 Å². The molecular formula is C13H10O3S2. The average Bonchev–Trinajstić information content (AvgIpc) is 2.76. The Hall–Kier alpha value is -1.61. The fraction of sp³-hybridized carbons (Fsp3) is 0.0769. The molecule has 18 heavy (non-hydrogen) atoms. The van der Waals surface area contributed by atoms with E-state index in [0.717, 1.165) is 22.5 Å². The van der Waals surface area contributed by atoms with Crippen molar-refractivity contribution in [2.45, 2.75) is 11.1 Å². The summed E-state index contributed by atoms with van der Waals surface area (Å²) in [5.74, 6) is 5.62. The maximum atomic E-state index is 11.1. The SMILES string of the molecule is Cc1ccc(C#Cc2ccsc2S(=O)(=O)O)cc1. The van der Waals surface area contributed by atoms with Crippen LogP contribution in [0.2, 0.25) is 0 Å². The quantitative estimate of drug-likeness (QED) is 0.644. The van der Waals surface area contributed by atoms with Crippen molar-refractivity contribution in [3.8, 4) is 11.8 Å². The predicted octanol–water partition coefficient (Wildman–Crippen LogP) is 2.70. The van der Waals surface area contributed by atoms with Gasteiger partial charge in [-0.2, -0.15) is 8.42 Å². The molecule has 5 heteroatoms. The van der Waals surface area contributed by atoms with Crippen LogP contribution in [0, 0.1) is 18.8 Å². The molecule has 0 saturated heterocycles. The van der Waals surface area contributed by atoms with Crippen LogP contribution in [-0.2, 0) is 10.1 Å². The molecule has 0 aliphatic rings. The third-order valence-corrected chi connectivity index (χ3v) is 4.57. The molecule has 0 bridgehead atoms. The summed E-state index contributed by atoms with van der Waals surface area (Å²) in [6.45, 7) is 1.98. The standard InChI is InChI=1S/C13H10O3S2/c1-10-2-4-11(5-3-10)6-7-12-8-9-17-13(12)18(14,15)16/h2-5,8-9H,1H3,(H,14,15,16). The monoisotopic (exact) mass is 278 g/mol. The van der Waals surface area contributed by atoms with Crippen LogP contribution in [0.5, 0.6) is 0 Å². The molecule has 3 nitrogen and oxygen atoms in total. The largest absolute Gasteiger partial charge is 0.305 e. The molecule has 0 radical (unpaired) electrons. The summed E-state index contributed by atoms with van der Waals surface area (Å²) in [6, 6.07) is 9.17. The van der Waals surface area contributed by atoms with E-state index < -0.39 is 10.1 Å². The van der Waals surface area contributed by atoms with Crippen LogP contribution in [0.1, 0.15) is 16.7 Å². The van der Waals surface area contributed by atoms with Gasteiger partial charge in [0.05, 0.1) is 5.56 Å². The Morgan fingerprint density at radius 3 is 2.39 bits per heavy atom. The number of thiophene rings is 1. The minimum absolute atomic E-state index is 0.109. The van der Waals surface area contributed by atoms with Gasteiger partial charge < -0.3 is 0 Å². The molecule has 1 N–H and O–H groups in total. The Bertz CT molecular complexity index is 714. The molecule has 0 spiro atoms. The van der Waals surface area contributed by atoms with E-state index in [9.17, 15) is 8.42 Å². The van der Waals surface area contributed by atoms with E-state index in [1.165, 1.54) is 0 Å². The van der Waals surface area contributed by atoms with E-state index in [4.69, 9.17) is 4.55 Å². The Balaban J connectivity index is 2.37. The highest BCUT2D eigenvalue weighted by atomic mass is 32.3. The number of hydrogen-bond donors (Lipinski definition) is 1. The first-order valence-electron chi connectivity index (χ1n) is 5.10. The van der Waals surface area contributed by atoms with Crippen molar-refractivity contribution < 1.29 is 13.0 Å². The zero-order valence-corrected chi connectivity index (χ0v) is 11.2. The van der Waals surface area contributed by atoms with Gasteiger partial charge in [0.15, 0.2) is 4.21 Å². The van der Waals surface area contributed by atoms with Crippen LogP contribution in [-0.4, -0.2) is 13.0 Å². The highest BCUT2D eigenvalue weighted by molar-refractivity contribution is 7.88. The summed E-state index contributed by atoms with van der Waals surface area (Å²) in [5.41, 5.74) is 2.26. The normalized spacial score (nSPS) is 10.8. The molecule has 0 unspecified atom stereocenters. The summed E-state index contributed by atoms with van der Waals surface area (Å²) in [5, 5.41) is 1.59. The maximum absolute atomic E-state index is 11.1. The van der Waals surface area contributed by atoms with Gasteiger partial charge in [0, 0.05) is 5.56 Å². The predicted molar refractivity (Wildman–Crippen MR) is 71.3 cm³/mol. The Labute approximate surface area is 110 Å². The van der Waals surface area contributed by atoms with Crippen molar-refractivity contribution in [3.05, 3.63) is 52.4 Å². The van der Waals surface area contributed by atoms with Crippen LogP contribution in [0.3, 0.4) is 0 Å². The van der Waals surface area contributed by atoms with Crippen molar-refractivity contribution in [3.63, 3.8) is 0 Å². The van der Waals surface area contributed by atoms with Crippen LogP contribution < -0.4 is 0 Å². The fourth-order valence-corrected chi connectivity index (χ4v) is 2.99. The van der Waals surface area contributed by atoms with Gasteiger partial charge in [0.25, 0.3) is 0 Å². The lowest BCUT2D eigenvalue weighted by Gasteiger charge is -1.93. The molecule has 0 amide bonds. The van der Waals surface area contributed by atoms with E-state index in [2.05, 4.69) is 11.8 Å². The van der Waals surface area contributed by atoms with E-state index in [-0.39, 0.29) is 4.21 Å². The lowest BCUT2D eigenvalue weighted by molar-refractivity contribution is 0.485. The number of aryl methyl sites for hydroxylation is 1. The van der Waals surface area contributed by atoms with Crippen LogP contribution in [0.15, 0.2) is 39.9 Å². The molecule has 0 aliphatic heterocycles. The fourth-order valence-electron chi connectivity index (χ4n) is 1.36. The zero-order chi connectivity index (χ0) is 13.2. The topological polar surface area (TPSA) is 54.4 Å². The van der Waals surface area contributed by atoms with Gasteiger partial charge in [-0.25, -0.2) is 0 Å². The molecule has 1 aromatic carbocycles. The Kier molecular flexibility index (Phi) is 3.53. The van der Waals surface area contributed by atoms with Crippen molar-refractivity contribution in [2.75, 3.05) is 0 Å². The summed E-state index contributed by atoms with van der Waals surface area (Å²) in [6.07, 6.45) is 0.